The Labute approximate surface area is 207 Å². The first kappa shape index (κ1) is 24.5. The van der Waals surface area contributed by atoms with Crippen LogP contribution in [0.4, 0.5) is 0 Å². The average molecular weight is 496 g/mol. The van der Waals surface area contributed by atoms with Gasteiger partial charge in [-0.05, 0) is 75.7 Å². The minimum atomic E-state index is -1.01. The molecule has 9 heteroatoms. The SMILES string of the molecule is CC(C)(O)COc1ccc(-c2nc3nc(Oc4ccc(C(C)(C)C(=O)O)cc4)[nH]c3cc2Cl)cc1. The lowest BCUT2D eigenvalue weighted by atomic mass is 9.85. The molecule has 0 aliphatic carbocycles. The summed E-state index contributed by atoms with van der Waals surface area (Å²) in [6, 6.07) is 16.0. The van der Waals surface area contributed by atoms with Gasteiger partial charge < -0.3 is 24.7 Å². The first-order chi connectivity index (χ1) is 16.4. The summed E-state index contributed by atoms with van der Waals surface area (Å²) in [6.07, 6.45) is 0. The smallest absolute Gasteiger partial charge is 0.313 e. The molecular weight excluding hydrogens is 470 g/mol. The number of aromatic nitrogens is 3. The van der Waals surface area contributed by atoms with Crippen molar-refractivity contribution in [2.24, 2.45) is 0 Å². The third-order valence-corrected chi connectivity index (χ3v) is 5.74. The van der Waals surface area contributed by atoms with E-state index in [0.717, 1.165) is 5.56 Å². The Morgan fingerprint density at radius 1 is 1.00 bits per heavy atom. The van der Waals surface area contributed by atoms with Crippen molar-refractivity contribution in [3.8, 4) is 28.8 Å². The van der Waals surface area contributed by atoms with Crippen molar-refractivity contribution in [1.29, 1.82) is 0 Å². The van der Waals surface area contributed by atoms with Gasteiger partial charge in [-0.25, -0.2) is 4.98 Å². The van der Waals surface area contributed by atoms with Crippen molar-refractivity contribution in [2.45, 2.75) is 38.7 Å². The molecule has 4 rings (SSSR count). The average Bonchev–Trinajstić information content (AvgIpc) is 3.18. The van der Waals surface area contributed by atoms with Gasteiger partial charge in [0.1, 0.15) is 18.1 Å². The number of carboxylic acid groups (broad SMARTS) is 1. The van der Waals surface area contributed by atoms with Gasteiger partial charge in [0.05, 0.1) is 27.2 Å². The second-order valence-electron chi connectivity index (χ2n) is 9.41. The van der Waals surface area contributed by atoms with Crippen LogP contribution in [-0.4, -0.2) is 43.3 Å². The van der Waals surface area contributed by atoms with E-state index in [-0.39, 0.29) is 12.6 Å². The third kappa shape index (κ3) is 5.55. The molecule has 0 amide bonds. The highest BCUT2D eigenvalue weighted by molar-refractivity contribution is 6.33. The molecule has 2 aromatic carbocycles. The van der Waals surface area contributed by atoms with Crippen LogP contribution in [0.3, 0.4) is 0 Å². The van der Waals surface area contributed by atoms with Crippen molar-refractivity contribution < 1.29 is 24.5 Å². The minimum Gasteiger partial charge on any atom is -0.491 e. The Morgan fingerprint density at radius 2 is 1.63 bits per heavy atom. The number of nitrogens with zero attached hydrogens (tertiary/aromatic N) is 2. The number of fused-ring (bicyclic) bond motifs is 1. The molecule has 0 spiro atoms. The predicted octanol–water partition coefficient (Wildman–Crippen LogP) is 5.58. The number of aromatic amines is 1. The molecule has 3 N–H and O–H groups in total. The summed E-state index contributed by atoms with van der Waals surface area (Å²) in [5.74, 6) is 0.224. The van der Waals surface area contributed by atoms with Crippen LogP contribution >= 0.6 is 11.6 Å². The van der Waals surface area contributed by atoms with Gasteiger partial charge >= 0.3 is 12.0 Å². The van der Waals surface area contributed by atoms with Crippen molar-refractivity contribution >= 4 is 28.7 Å². The molecular formula is C26H26ClN3O5. The largest absolute Gasteiger partial charge is 0.491 e. The topological polar surface area (TPSA) is 118 Å². The lowest BCUT2D eigenvalue weighted by molar-refractivity contribution is -0.142. The molecule has 0 fully saturated rings. The van der Waals surface area contributed by atoms with Crippen molar-refractivity contribution in [1.82, 2.24) is 15.0 Å². The lowest BCUT2D eigenvalue weighted by Gasteiger charge is -2.19. The third-order valence-electron chi connectivity index (χ3n) is 5.45. The molecule has 4 aromatic rings. The molecule has 2 heterocycles. The number of rotatable bonds is 8. The Bertz CT molecular complexity index is 1360. The van der Waals surface area contributed by atoms with E-state index in [0.29, 0.717) is 38.9 Å². The van der Waals surface area contributed by atoms with Gasteiger partial charge in [-0.15, -0.1) is 0 Å². The van der Waals surface area contributed by atoms with E-state index in [4.69, 9.17) is 21.1 Å². The fourth-order valence-corrected chi connectivity index (χ4v) is 3.55. The van der Waals surface area contributed by atoms with Crippen molar-refractivity contribution in [3.05, 3.63) is 65.2 Å². The molecule has 0 aliphatic heterocycles. The number of nitrogens with one attached hydrogen (secondary N) is 1. The second-order valence-corrected chi connectivity index (χ2v) is 9.82. The summed E-state index contributed by atoms with van der Waals surface area (Å²) in [6.45, 7) is 6.82. The Balaban J connectivity index is 1.53. The van der Waals surface area contributed by atoms with E-state index >= 15 is 0 Å². The monoisotopic (exact) mass is 495 g/mol. The minimum absolute atomic E-state index is 0.174. The van der Waals surface area contributed by atoms with E-state index in [1.807, 2.05) is 12.1 Å². The molecule has 35 heavy (non-hydrogen) atoms. The maximum Gasteiger partial charge on any atom is 0.313 e. The van der Waals surface area contributed by atoms with Gasteiger partial charge in [-0.1, -0.05) is 23.7 Å². The van der Waals surface area contributed by atoms with E-state index in [2.05, 4.69) is 15.0 Å². The number of H-pyrrole nitrogens is 1. The zero-order valence-corrected chi connectivity index (χ0v) is 20.6. The van der Waals surface area contributed by atoms with E-state index in [9.17, 15) is 15.0 Å². The summed E-state index contributed by atoms with van der Waals surface area (Å²) in [7, 11) is 0. The summed E-state index contributed by atoms with van der Waals surface area (Å²) >= 11 is 6.49. The maximum absolute atomic E-state index is 11.5. The van der Waals surface area contributed by atoms with Crippen LogP contribution in [0.1, 0.15) is 33.3 Å². The fourth-order valence-electron chi connectivity index (χ4n) is 3.29. The van der Waals surface area contributed by atoms with Crippen LogP contribution in [0.15, 0.2) is 54.6 Å². The quantitative estimate of drug-likeness (QED) is 0.292. The molecule has 0 aliphatic rings. The zero-order valence-electron chi connectivity index (χ0n) is 19.8. The molecule has 0 saturated carbocycles. The molecule has 0 saturated heterocycles. The number of imidazole rings is 1. The number of hydrogen-bond donors (Lipinski definition) is 3. The van der Waals surface area contributed by atoms with Gasteiger partial charge in [0.25, 0.3) is 0 Å². The zero-order chi connectivity index (χ0) is 25.4. The fraction of sp³-hybridized carbons (Fsp3) is 0.269. The normalized spacial score (nSPS) is 12.1. The van der Waals surface area contributed by atoms with Gasteiger partial charge in [0.15, 0.2) is 5.65 Å². The van der Waals surface area contributed by atoms with Crippen LogP contribution in [0.2, 0.25) is 5.02 Å². The summed E-state index contributed by atoms with van der Waals surface area (Å²) in [5, 5.41) is 19.7. The van der Waals surface area contributed by atoms with Crippen LogP contribution < -0.4 is 9.47 Å². The van der Waals surface area contributed by atoms with Crippen molar-refractivity contribution in [3.63, 3.8) is 0 Å². The van der Waals surface area contributed by atoms with Gasteiger partial charge in [-0.3, -0.25) is 4.79 Å². The molecule has 2 aromatic heterocycles. The number of hydrogen-bond acceptors (Lipinski definition) is 6. The predicted molar refractivity (Wildman–Crippen MR) is 133 cm³/mol. The van der Waals surface area contributed by atoms with E-state index in [1.54, 1.807) is 70.2 Å². The Hall–Kier alpha value is -3.62. The standard InChI is InChI=1S/C26H26ClN3O5/c1-25(2,33)14-34-17-9-5-15(6-10-17)21-19(27)13-20-22(29-21)30-24(28-20)35-18-11-7-16(8-12-18)26(3,4)23(31)32/h5-13,33H,14H2,1-4H3,(H,31,32)(H,28,29,30). The van der Waals surface area contributed by atoms with Gasteiger partial charge in [0, 0.05) is 5.56 Å². The summed E-state index contributed by atoms with van der Waals surface area (Å²) in [5.41, 5.74) is 1.13. The maximum atomic E-state index is 11.5. The molecule has 0 unspecified atom stereocenters. The Kier molecular flexibility index (Phi) is 6.44. The van der Waals surface area contributed by atoms with Gasteiger partial charge in [0.2, 0.25) is 0 Å². The highest BCUT2D eigenvalue weighted by Gasteiger charge is 2.29. The summed E-state index contributed by atoms with van der Waals surface area (Å²) in [4.78, 5) is 23.5. The number of carbonyl (C=O) groups is 1. The van der Waals surface area contributed by atoms with Crippen LogP contribution in [0, 0.1) is 0 Å². The van der Waals surface area contributed by atoms with Gasteiger partial charge in [-0.2, -0.15) is 4.98 Å². The molecule has 8 nitrogen and oxygen atoms in total. The number of carboxylic acids is 1. The molecule has 0 bridgehead atoms. The molecule has 0 radical (unpaired) electrons. The summed E-state index contributed by atoms with van der Waals surface area (Å²) < 4.78 is 11.4. The Morgan fingerprint density at radius 3 is 2.23 bits per heavy atom. The number of aliphatic hydroxyl groups is 1. The first-order valence-electron chi connectivity index (χ1n) is 11.0. The van der Waals surface area contributed by atoms with Crippen LogP contribution in [0.25, 0.3) is 22.4 Å². The van der Waals surface area contributed by atoms with E-state index in [1.165, 1.54) is 0 Å². The highest BCUT2D eigenvalue weighted by atomic mass is 35.5. The number of halogens is 1. The number of aliphatic carboxylic acids is 1. The van der Waals surface area contributed by atoms with Crippen LogP contribution in [0.5, 0.6) is 17.5 Å². The molecule has 0 atom stereocenters. The first-order valence-corrected chi connectivity index (χ1v) is 11.3. The van der Waals surface area contributed by atoms with Crippen LogP contribution in [-0.2, 0) is 10.2 Å². The molecule has 182 valence electrons. The number of benzene rings is 2. The van der Waals surface area contributed by atoms with Crippen molar-refractivity contribution in [2.75, 3.05) is 6.61 Å². The second kappa shape index (κ2) is 9.20. The highest BCUT2D eigenvalue weighted by Crippen LogP contribution is 2.32. The number of ether oxygens (including phenoxy) is 2. The van der Waals surface area contributed by atoms with E-state index < -0.39 is 17.0 Å². The number of pyridine rings is 1. The lowest BCUT2D eigenvalue weighted by Crippen LogP contribution is -2.28.